The van der Waals surface area contributed by atoms with Gasteiger partial charge in [-0.15, -0.1) is 11.8 Å². The lowest BCUT2D eigenvalue weighted by atomic mass is 10.3. The average molecular weight is 304 g/mol. The van der Waals surface area contributed by atoms with Crippen molar-refractivity contribution in [2.45, 2.75) is 6.92 Å². The number of hydrogen-bond donors (Lipinski definition) is 2. The molecular weight excluding hydrogens is 290 g/mol. The third kappa shape index (κ3) is 5.85. The highest BCUT2D eigenvalue weighted by Crippen LogP contribution is 2.27. The van der Waals surface area contributed by atoms with E-state index in [2.05, 4.69) is 5.32 Å². The van der Waals surface area contributed by atoms with E-state index in [1.165, 1.54) is 0 Å². The predicted molar refractivity (Wildman–Crippen MR) is 76.2 cm³/mol. The Morgan fingerprint density at radius 3 is 2.74 bits per heavy atom. The van der Waals surface area contributed by atoms with Crippen molar-refractivity contribution in [1.29, 1.82) is 0 Å². The number of thioether (sulfide) groups is 1. The fourth-order valence-corrected chi connectivity index (χ4v) is 2.05. The zero-order valence-corrected chi connectivity index (χ0v) is 11.9. The Morgan fingerprint density at radius 2 is 2.16 bits per heavy atom. The maximum Gasteiger partial charge on any atom is 0.313 e. The van der Waals surface area contributed by atoms with Gasteiger partial charge in [-0.3, -0.25) is 9.59 Å². The van der Waals surface area contributed by atoms with E-state index in [4.69, 9.17) is 21.4 Å². The van der Waals surface area contributed by atoms with E-state index in [1.807, 2.05) is 6.92 Å². The minimum absolute atomic E-state index is 0.0805. The number of aliphatic carboxylic acids is 1. The van der Waals surface area contributed by atoms with Crippen molar-refractivity contribution < 1.29 is 19.4 Å². The van der Waals surface area contributed by atoms with Gasteiger partial charge in [0.1, 0.15) is 5.75 Å². The van der Waals surface area contributed by atoms with Crippen molar-refractivity contribution >= 4 is 40.9 Å². The third-order valence-corrected chi connectivity index (χ3v) is 3.19. The first-order valence-corrected chi connectivity index (χ1v) is 7.08. The topological polar surface area (TPSA) is 75.6 Å². The zero-order valence-electron chi connectivity index (χ0n) is 10.3. The standard InChI is InChI=1S/C12H14ClNO4S/c1-2-18-10-4-3-8(5-9(10)13)14-11(15)6-19-7-12(16)17/h3-5H,2,6-7H2,1H3,(H,14,15)(H,16,17). The van der Waals surface area contributed by atoms with E-state index in [0.29, 0.717) is 23.1 Å². The van der Waals surface area contributed by atoms with Crippen molar-refractivity contribution in [3.05, 3.63) is 23.2 Å². The summed E-state index contributed by atoms with van der Waals surface area (Å²) in [5, 5.41) is 11.5. The first kappa shape index (κ1) is 15.7. The van der Waals surface area contributed by atoms with Crippen LogP contribution in [0, 0.1) is 0 Å². The Balaban J connectivity index is 2.50. The summed E-state index contributed by atoms with van der Waals surface area (Å²) >= 11 is 7.01. The van der Waals surface area contributed by atoms with E-state index in [0.717, 1.165) is 11.8 Å². The molecule has 0 unspecified atom stereocenters. The first-order valence-electron chi connectivity index (χ1n) is 5.54. The van der Waals surface area contributed by atoms with Gasteiger partial charge in [-0.25, -0.2) is 0 Å². The van der Waals surface area contributed by atoms with Crippen LogP contribution in [0.25, 0.3) is 0 Å². The minimum Gasteiger partial charge on any atom is -0.492 e. The highest BCUT2D eigenvalue weighted by Gasteiger charge is 2.07. The van der Waals surface area contributed by atoms with E-state index in [9.17, 15) is 9.59 Å². The van der Waals surface area contributed by atoms with Crippen LogP contribution in [-0.4, -0.2) is 35.1 Å². The number of ether oxygens (including phenoxy) is 1. The molecule has 0 spiro atoms. The lowest BCUT2D eigenvalue weighted by Gasteiger charge is -2.08. The number of benzene rings is 1. The Hall–Kier alpha value is -1.40. The lowest BCUT2D eigenvalue weighted by molar-refractivity contribution is -0.133. The van der Waals surface area contributed by atoms with Crippen molar-refractivity contribution in [2.24, 2.45) is 0 Å². The number of carboxylic acid groups (broad SMARTS) is 1. The van der Waals surface area contributed by atoms with Gasteiger partial charge in [0, 0.05) is 5.69 Å². The van der Waals surface area contributed by atoms with Crippen LogP contribution in [-0.2, 0) is 9.59 Å². The summed E-state index contributed by atoms with van der Waals surface area (Å²) in [5.41, 5.74) is 0.550. The Morgan fingerprint density at radius 1 is 1.42 bits per heavy atom. The monoisotopic (exact) mass is 303 g/mol. The first-order chi connectivity index (χ1) is 9.02. The maximum atomic E-state index is 11.5. The van der Waals surface area contributed by atoms with Crippen molar-refractivity contribution in [3.63, 3.8) is 0 Å². The molecule has 1 aromatic carbocycles. The van der Waals surface area contributed by atoms with Gasteiger partial charge in [0.2, 0.25) is 5.91 Å². The molecule has 7 heteroatoms. The molecule has 0 saturated heterocycles. The molecule has 1 amide bonds. The molecule has 5 nitrogen and oxygen atoms in total. The molecular formula is C12H14ClNO4S. The van der Waals surface area contributed by atoms with Crippen LogP contribution in [0.2, 0.25) is 5.02 Å². The van der Waals surface area contributed by atoms with Gasteiger partial charge in [-0.05, 0) is 25.1 Å². The lowest BCUT2D eigenvalue weighted by Crippen LogP contribution is -2.15. The van der Waals surface area contributed by atoms with Crippen LogP contribution in [0.5, 0.6) is 5.75 Å². The van der Waals surface area contributed by atoms with E-state index < -0.39 is 5.97 Å². The number of nitrogens with one attached hydrogen (secondary N) is 1. The van der Waals surface area contributed by atoms with Gasteiger partial charge in [0.05, 0.1) is 23.1 Å². The summed E-state index contributed by atoms with van der Waals surface area (Å²) in [5.74, 6) is -0.676. The normalized spacial score (nSPS) is 10.0. The molecule has 0 heterocycles. The summed E-state index contributed by atoms with van der Waals surface area (Å²) in [6.45, 7) is 2.36. The van der Waals surface area contributed by atoms with Gasteiger partial charge in [0.25, 0.3) is 0 Å². The van der Waals surface area contributed by atoms with E-state index in [1.54, 1.807) is 18.2 Å². The van der Waals surface area contributed by atoms with Crippen molar-refractivity contribution in [3.8, 4) is 5.75 Å². The molecule has 0 aromatic heterocycles. The van der Waals surface area contributed by atoms with Crippen LogP contribution >= 0.6 is 23.4 Å². The predicted octanol–water partition coefficient (Wildman–Crippen LogP) is 2.50. The summed E-state index contributed by atoms with van der Waals surface area (Å²) in [6.07, 6.45) is 0. The minimum atomic E-state index is -0.943. The molecule has 0 aliphatic heterocycles. The van der Waals surface area contributed by atoms with Crippen LogP contribution in [0.15, 0.2) is 18.2 Å². The highest BCUT2D eigenvalue weighted by atomic mass is 35.5. The largest absolute Gasteiger partial charge is 0.492 e. The molecule has 0 bridgehead atoms. The van der Waals surface area contributed by atoms with Gasteiger partial charge < -0.3 is 15.2 Å². The molecule has 0 atom stereocenters. The summed E-state index contributed by atoms with van der Waals surface area (Å²) < 4.78 is 5.27. The number of halogens is 1. The maximum absolute atomic E-state index is 11.5. The molecule has 2 N–H and O–H groups in total. The quantitative estimate of drug-likeness (QED) is 0.809. The van der Waals surface area contributed by atoms with Crippen molar-refractivity contribution in [1.82, 2.24) is 0 Å². The summed E-state index contributed by atoms with van der Waals surface area (Å²) in [7, 11) is 0. The van der Waals surface area contributed by atoms with Crippen LogP contribution in [0.3, 0.4) is 0 Å². The Bertz CT molecular complexity index is 467. The SMILES string of the molecule is CCOc1ccc(NC(=O)CSCC(=O)O)cc1Cl. The number of carbonyl (C=O) groups is 2. The molecule has 0 aliphatic rings. The van der Waals surface area contributed by atoms with Gasteiger partial charge in [-0.2, -0.15) is 0 Å². The summed E-state index contributed by atoms with van der Waals surface area (Å²) in [4.78, 5) is 21.8. The number of hydrogen-bond acceptors (Lipinski definition) is 4. The molecule has 0 saturated carbocycles. The molecule has 104 valence electrons. The second-order valence-corrected chi connectivity index (χ2v) is 4.91. The number of anilines is 1. The molecule has 0 aliphatic carbocycles. The van der Waals surface area contributed by atoms with Crippen LogP contribution < -0.4 is 10.1 Å². The van der Waals surface area contributed by atoms with Crippen molar-refractivity contribution in [2.75, 3.05) is 23.4 Å². The second kappa shape index (κ2) is 7.91. The van der Waals surface area contributed by atoms with E-state index in [-0.39, 0.29) is 17.4 Å². The molecule has 1 aromatic rings. The van der Waals surface area contributed by atoms with E-state index >= 15 is 0 Å². The molecule has 1 rings (SSSR count). The fraction of sp³-hybridized carbons (Fsp3) is 0.333. The molecule has 19 heavy (non-hydrogen) atoms. The number of amides is 1. The Labute approximate surface area is 120 Å². The Kier molecular flexibility index (Phi) is 6.52. The average Bonchev–Trinajstić information content (AvgIpc) is 2.32. The van der Waals surface area contributed by atoms with Crippen LogP contribution in [0.1, 0.15) is 6.92 Å². The van der Waals surface area contributed by atoms with Gasteiger partial charge in [0.15, 0.2) is 0 Å². The second-order valence-electron chi connectivity index (χ2n) is 3.51. The molecule has 0 radical (unpaired) electrons. The van der Waals surface area contributed by atoms with Gasteiger partial charge in [-0.1, -0.05) is 11.6 Å². The fourth-order valence-electron chi connectivity index (χ4n) is 1.28. The number of rotatable bonds is 7. The molecule has 0 fully saturated rings. The highest BCUT2D eigenvalue weighted by molar-refractivity contribution is 8.00. The summed E-state index contributed by atoms with van der Waals surface area (Å²) in [6, 6.07) is 4.94. The number of carbonyl (C=O) groups excluding carboxylic acids is 1. The smallest absolute Gasteiger partial charge is 0.313 e. The van der Waals surface area contributed by atoms with Gasteiger partial charge >= 0.3 is 5.97 Å². The zero-order chi connectivity index (χ0) is 14.3. The van der Waals surface area contributed by atoms with Crippen LogP contribution in [0.4, 0.5) is 5.69 Å². The third-order valence-electron chi connectivity index (χ3n) is 1.97. The number of carboxylic acids is 1.